The second-order valence-electron chi connectivity index (χ2n) is 6.59. The zero-order valence-electron chi connectivity index (χ0n) is 15.5. The molecule has 0 spiro atoms. The van der Waals surface area contributed by atoms with Crippen LogP contribution in [0.3, 0.4) is 0 Å². The maximum absolute atomic E-state index is 12.9. The third-order valence-corrected chi connectivity index (χ3v) is 5.63. The van der Waals surface area contributed by atoms with Crippen LogP contribution >= 0.6 is 0 Å². The summed E-state index contributed by atoms with van der Waals surface area (Å²) in [5, 5.41) is 4.78. The quantitative estimate of drug-likeness (QED) is 0.727. The lowest BCUT2D eigenvalue weighted by atomic mass is 10.1. The highest BCUT2D eigenvalue weighted by Gasteiger charge is 2.29. The Labute approximate surface area is 159 Å². The van der Waals surface area contributed by atoms with Gasteiger partial charge in [0.1, 0.15) is 6.04 Å². The van der Waals surface area contributed by atoms with Crippen molar-refractivity contribution in [2.24, 2.45) is 0 Å². The number of carbonyl (C=O) groups excluding carboxylic acids is 1. The average Bonchev–Trinajstić information content (AvgIpc) is 2.61. The fraction of sp³-hybridized carbons (Fsp3) is 0.190. The minimum Gasteiger partial charge on any atom is -0.324 e. The fourth-order valence-electron chi connectivity index (χ4n) is 3.15. The van der Waals surface area contributed by atoms with Crippen LogP contribution in [0.1, 0.15) is 12.5 Å². The first-order chi connectivity index (χ1) is 12.8. The van der Waals surface area contributed by atoms with E-state index < -0.39 is 22.0 Å². The minimum atomic E-state index is -3.64. The van der Waals surface area contributed by atoms with Crippen LogP contribution in [0.2, 0.25) is 0 Å². The van der Waals surface area contributed by atoms with Crippen molar-refractivity contribution in [3.63, 3.8) is 0 Å². The largest absolute Gasteiger partial charge is 0.324 e. The second kappa shape index (κ2) is 7.40. The van der Waals surface area contributed by atoms with E-state index in [0.29, 0.717) is 11.4 Å². The summed E-state index contributed by atoms with van der Waals surface area (Å²) in [4.78, 5) is 12.9. The number of anilines is 2. The Morgan fingerprint density at radius 3 is 2.37 bits per heavy atom. The summed E-state index contributed by atoms with van der Waals surface area (Å²) in [6, 6.07) is 19.5. The van der Waals surface area contributed by atoms with Crippen molar-refractivity contribution in [2.45, 2.75) is 19.9 Å². The third-order valence-electron chi connectivity index (χ3n) is 4.39. The van der Waals surface area contributed by atoms with Crippen molar-refractivity contribution < 1.29 is 13.2 Å². The van der Waals surface area contributed by atoms with Crippen LogP contribution in [-0.4, -0.2) is 26.6 Å². The van der Waals surface area contributed by atoms with E-state index >= 15 is 0 Å². The van der Waals surface area contributed by atoms with Crippen molar-refractivity contribution in [2.75, 3.05) is 15.9 Å². The summed E-state index contributed by atoms with van der Waals surface area (Å²) in [5.74, 6) is -0.390. The Balaban J connectivity index is 1.94. The molecule has 1 unspecified atom stereocenters. The van der Waals surface area contributed by atoms with E-state index in [1.807, 2.05) is 55.5 Å². The molecule has 0 heterocycles. The van der Waals surface area contributed by atoms with Crippen LogP contribution < -0.4 is 9.62 Å². The van der Waals surface area contributed by atoms with Gasteiger partial charge in [-0.05, 0) is 43.0 Å². The van der Waals surface area contributed by atoms with Gasteiger partial charge in [-0.3, -0.25) is 9.10 Å². The monoisotopic (exact) mass is 382 g/mol. The van der Waals surface area contributed by atoms with E-state index in [-0.39, 0.29) is 0 Å². The van der Waals surface area contributed by atoms with Gasteiger partial charge in [-0.15, -0.1) is 0 Å². The van der Waals surface area contributed by atoms with E-state index in [9.17, 15) is 13.2 Å². The van der Waals surface area contributed by atoms with Crippen molar-refractivity contribution in [3.8, 4) is 0 Å². The molecule has 0 saturated carbocycles. The molecule has 0 saturated heterocycles. The maximum Gasteiger partial charge on any atom is 0.248 e. The Hall–Kier alpha value is -2.86. The topological polar surface area (TPSA) is 66.5 Å². The molecule has 0 aliphatic heterocycles. The number of nitrogens with one attached hydrogen (secondary N) is 1. The smallest absolute Gasteiger partial charge is 0.248 e. The van der Waals surface area contributed by atoms with Gasteiger partial charge in [0.05, 0.1) is 11.9 Å². The fourth-order valence-corrected chi connectivity index (χ4v) is 4.31. The highest BCUT2D eigenvalue weighted by molar-refractivity contribution is 7.92. The normalized spacial score (nSPS) is 12.6. The average molecular weight is 382 g/mol. The predicted octanol–water partition coefficient (Wildman–Crippen LogP) is 3.94. The van der Waals surface area contributed by atoms with Gasteiger partial charge in [-0.2, -0.15) is 0 Å². The van der Waals surface area contributed by atoms with E-state index in [4.69, 9.17) is 0 Å². The number of hydrogen-bond donors (Lipinski definition) is 1. The molecule has 140 valence electrons. The van der Waals surface area contributed by atoms with Gasteiger partial charge in [0.2, 0.25) is 15.9 Å². The molecular formula is C21H22N2O3S. The summed E-state index contributed by atoms with van der Waals surface area (Å²) in [7, 11) is -3.64. The lowest BCUT2D eigenvalue weighted by Gasteiger charge is -2.28. The summed E-state index contributed by atoms with van der Waals surface area (Å²) in [5.41, 5.74) is 2.04. The van der Waals surface area contributed by atoms with Crippen LogP contribution in [0, 0.1) is 6.92 Å². The zero-order valence-corrected chi connectivity index (χ0v) is 16.3. The first-order valence-corrected chi connectivity index (χ1v) is 10.5. The van der Waals surface area contributed by atoms with Gasteiger partial charge in [0.15, 0.2) is 0 Å². The molecule has 0 aliphatic rings. The number of nitrogens with zero attached hydrogens (tertiary/aromatic N) is 1. The molecule has 3 aromatic rings. The van der Waals surface area contributed by atoms with Crippen molar-refractivity contribution >= 4 is 38.1 Å². The molecule has 0 fully saturated rings. The van der Waals surface area contributed by atoms with Gasteiger partial charge in [-0.25, -0.2) is 8.42 Å². The number of sulfonamides is 1. The Bertz CT molecular complexity index is 1090. The standard InChI is InChI=1S/C21H22N2O3S/c1-15-8-6-11-18(14-15)23(27(3,25)26)16(2)21(24)22-20-13-7-10-17-9-4-5-12-19(17)20/h4-14,16H,1-3H3,(H,22,24). The molecule has 1 N–H and O–H groups in total. The number of aryl methyl sites for hydroxylation is 1. The van der Waals surface area contributed by atoms with Crippen LogP contribution in [0.25, 0.3) is 10.8 Å². The Kier molecular flexibility index (Phi) is 5.19. The van der Waals surface area contributed by atoms with E-state index in [1.54, 1.807) is 25.1 Å². The van der Waals surface area contributed by atoms with Crippen LogP contribution in [0.5, 0.6) is 0 Å². The van der Waals surface area contributed by atoms with Gasteiger partial charge >= 0.3 is 0 Å². The van der Waals surface area contributed by atoms with Gasteiger partial charge in [0.25, 0.3) is 0 Å². The highest BCUT2D eigenvalue weighted by Crippen LogP contribution is 2.25. The minimum absolute atomic E-state index is 0.390. The lowest BCUT2D eigenvalue weighted by molar-refractivity contribution is -0.116. The predicted molar refractivity (Wildman–Crippen MR) is 111 cm³/mol. The zero-order chi connectivity index (χ0) is 19.6. The SMILES string of the molecule is Cc1cccc(N(C(C)C(=O)Nc2cccc3ccccc23)S(C)(=O)=O)c1. The summed E-state index contributed by atoms with van der Waals surface area (Å²) in [6.45, 7) is 3.47. The first kappa shape index (κ1) is 18.9. The van der Waals surface area contributed by atoms with Crippen molar-refractivity contribution in [1.82, 2.24) is 0 Å². The summed E-state index contributed by atoms with van der Waals surface area (Å²) < 4.78 is 26.0. The van der Waals surface area contributed by atoms with E-state index in [2.05, 4.69) is 5.32 Å². The van der Waals surface area contributed by atoms with Crippen LogP contribution in [0.4, 0.5) is 11.4 Å². The van der Waals surface area contributed by atoms with Crippen LogP contribution in [-0.2, 0) is 14.8 Å². The Morgan fingerprint density at radius 1 is 1.00 bits per heavy atom. The third kappa shape index (κ3) is 4.11. The molecule has 3 rings (SSSR count). The van der Waals surface area contributed by atoms with Crippen molar-refractivity contribution in [1.29, 1.82) is 0 Å². The molecule has 1 amide bonds. The van der Waals surface area contributed by atoms with Gasteiger partial charge < -0.3 is 5.32 Å². The molecule has 3 aromatic carbocycles. The van der Waals surface area contributed by atoms with Gasteiger partial charge in [0, 0.05) is 11.1 Å². The summed E-state index contributed by atoms with van der Waals surface area (Å²) in [6.07, 6.45) is 1.11. The van der Waals surface area contributed by atoms with E-state index in [1.165, 1.54) is 0 Å². The molecule has 0 bridgehead atoms. The van der Waals surface area contributed by atoms with Gasteiger partial charge in [-0.1, -0.05) is 48.5 Å². The second-order valence-corrected chi connectivity index (χ2v) is 8.45. The Morgan fingerprint density at radius 2 is 1.67 bits per heavy atom. The van der Waals surface area contributed by atoms with Crippen LogP contribution in [0.15, 0.2) is 66.7 Å². The molecule has 1 atom stereocenters. The highest BCUT2D eigenvalue weighted by atomic mass is 32.2. The molecule has 0 aromatic heterocycles. The molecule has 5 nitrogen and oxygen atoms in total. The number of amides is 1. The number of hydrogen-bond acceptors (Lipinski definition) is 3. The van der Waals surface area contributed by atoms with E-state index in [0.717, 1.165) is 26.9 Å². The number of fused-ring (bicyclic) bond motifs is 1. The molecule has 0 radical (unpaired) electrons. The number of carbonyl (C=O) groups is 1. The molecule has 27 heavy (non-hydrogen) atoms. The van der Waals surface area contributed by atoms with Crippen molar-refractivity contribution in [3.05, 3.63) is 72.3 Å². The summed E-state index contributed by atoms with van der Waals surface area (Å²) >= 11 is 0. The molecule has 6 heteroatoms. The molecular weight excluding hydrogens is 360 g/mol. The number of rotatable bonds is 5. The number of benzene rings is 3. The lowest BCUT2D eigenvalue weighted by Crippen LogP contribution is -2.45. The maximum atomic E-state index is 12.9. The molecule has 0 aliphatic carbocycles. The first-order valence-electron chi connectivity index (χ1n) is 8.62.